The first kappa shape index (κ1) is 18.0. The summed E-state index contributed by atoms with van der Waals surface area (Å²) in [6.45, 7) is 0.505. The third-order valence-corrected chi connectivity index (χ3v) is 4.22. The molecule has 0 spiro atoms. The van der Waals surface area contributed by atoms with Crippen LogP contribution in [0, 0.1) is 11.6 Å². The summed E-state index contributed by atoms with van der Waals surface area (Å²) in [6, 6.07) is 8.33. The van der Waals surface area contributed by atoms with Crippen LogP contribution in [0.15, 0.2) is 36.4 Å². The lowest BCUT2D eigenvalue weighted by atomic mass is 10.0. The number of aryl methyl sites for hydroxylation is 1. The van der Waals surface area contributed by atoms with E-state index in [4.69, 9.17) is 4.74 Å². The Morgan fingerprint density at radius 1 is 1.19 bits per heavy atom. The molecule has 2 aromatic carbocycles. The number of hydrogen-bond donors (Lipinski definition) is 1. The van der Waals surface area contributed by atoms with E-state index in [0.29, 0.717) is 17.9 Å². The number of anilines is 2. The number of nitrogens with zero attached hydrogens (tertiary/aromatic N) is 1. The number of methoxy groups -OCH3 is 1. The minimum absolute atomic E-state index is 0.0452. The molecule has 136 valence electrons. The maximum atomic E-state index is 13.8. The van der Waals surface area contributed by atoms with Crippen LogP contribution in [0.4, 0.5) is 20.2 Å². The van der Waals surface area contributed by atoms with Crippen LogP contribution in [0.2, 0.25) is 0 Å². The van der Waals surface area contributed by atoms with Gasteiger partial charge in [0.15, 0.2) is 0 Å². The van der Waals surface area contributed by atoms with Crippen LogP contribution in [-0.2, 0) is 16.0 Å². The number of amides is 2. The maximum Gasteiger partial charge on any atom is 0.261 e. The molecule has 1 aliphatic rings. The Kier molecular flexibility index (Phi) is 5.27. The first-order valence-electron chi connectivity index (χ1n) is 8.19. The fourth-order valence-electron chi connectivity index (χ4n) is 3.02. The average Bonchev–Trinajstić information content (AvgIpc) is 2.61. The summed E-state index contributed by atoms with van der Waals surface area (Å²) in [5.74, 6) is -2.93. The number of ether oxygens (including phenoxy) is 1. The first-order valence-corrected chi connectivity index (χ1v) is 8.19. The summed E-state index contributed by atoms with van der Waals surface area (Å²) >= 11 is 0. The fourth-order valence-corrected chi connectivity index (χ4v) is 3.02. The van der Waals surface area contributed by atoms with Crippen LogP contribution in [0.1, 0.15) is 22.3 Å². The molecule has 3 rings (SSSR count). The Morgan fingerprint density at radius 3 is 2.62 bits per heavy atom. The Balaban J connectivity index is 1.87. The SMILES string of the molecule is COCC(=O)N1CCCc2ccc(NC(=O)c3c(F)cccc3F)cc21. The minimum Gasteiger partial charge on any atom is -0.375 e. The van der Waals surface area contributed by atoms with E-state index < -0.39 is 23.1 Å². The largest absolute Gasteiger partial charge is 0.375 e. The number of rotatable bonds is 4. The zero-order valence-corrected chi connectivity index (χ0v) is 14.2. The Bertz CT molecular complexity index is 834. The van der Waals surface area contributed by atoms with Gasteiger partial charge in [-0.3, -0.25) is 9.59 Å². The molecule has 0 radical (unpaired) electrons. The van der Waals surface area contributed by atoms with Crippen molar-refractivity contribution in [3.05, 3.63) is 59.2 Å². The van der Waals surface area contributed by atoms with Gasteiger partial charge in [0.05, 0.1) is 0 Å². The standard InChI is InChI=1S/C19H18F2N2O3/c1-26-11-17(24)23-9-3-4-12-7-8-13(10-16(12)23)22-19(25)18-14(20)5-2-6-15(18)21/h2,5-8,10H,3-4,9,11H2,1H3,(H,22,25). The van der Waals surface area contributed by atoms with Crippen LogP contribution in [0.5, 0.6) is 0 Å². The summed E-state index contributed by atoms with van der Waals surface area (Å²) in [6.07, 6.45) is 1.64. The van der Waals surface area contributed by atoms with Gasteiger partial charge < -0.3 is 15.0 Å². The minimum atomic E-state index is -0.933. The van der Waals surface area contributed by atoms with Crippen molar-refractivity contribution in [2.45, 2.75) is 12.8 Å². The highest BCUT2D eigenvalue weighted by atomic mass is 19.1. The predicted octanol–water partition coefficient (Wildman–Crippen LogP) is 3.14. The van der Waals surface area contributed by atoms with Gasteiger partial charge in [-0.1, -0.05) is 12.1 Å². The molecule has 0 bridgehead atoms. The number of carbonyl (C=O) groups excluding carboxylic acids is 2. The molecule has 5 nitrogen and oxygen atoms in total. The lowest BCUT2D eigenvalue weighted by Crippen LogP contribution is -2.37. The van der Waals surface area contributed by atoms with Crippen LogP contribution < -0.4 is 10.2 Å². The van der Waals surface area contributed by atoms with E-state index >= 15 is 0 Å². The van der Waals surface area contributed by atoms with Crippen LogP contribution >= 0.6 is 0 Å². The molecule has 26 heavy (non-hydrogen) atoms. The van der Waals surface area contributed by atoms with Crippen molar-refractivity contribution in [2.75, 3.05) is 30.5 Å². The smallest absolute Gasteiger partial charge is 0.261 e. The van der Waals surface area contributed by atoms with Crippen molar-refractivity contribution >= 4 is 23.2 Å². The number of hydrogen-bond acceptors (Lipinski definition) is 3. The van der Waals surface area contributed by atoms with Gasteiger partial charge in [0.25, 0.3) is 11.8 Å². The molecule has 0 aromatic heterocycles. The van der Waals surface area contributed by atoms with Crippen molar-refractivity contribution in [1.29, 1.82) is 0 Å². The van der Waals surface area contributed by atoms with E-state index in [0.717, 1.165) is 30.5 Å². The second kappa shape index (κ2) is 7.61. The highest BCUT2D eigenvalue weighted by Crippen LogP contribution is 2.30. The lowest BCUT2D eigenvalue weighted by molar-refractivity contribution is -0.122. The maximum absolute atomic E-state index is 13.8. The molecule has 0 fully saturated rings. The Morgan fingerprint density at radius 2 is 1.92 bits per heavy atom. The fraction of sp³-hybridized carbons (Fsp3) is 0.263. The topological polar surface area (TPSA) is 58.6 Å². The summed E-state index contributed by atoms with van der Waals surface area (Å²) in [7, 11) is 1.45. The van der Waals surface area contributed by atoms with E-state index in [2.05, 4.69) is 5.32 Å². The van der Waals surface area contributed by atoms with E-state index in [1.54, 1.807) is 23.1 Å². The van der Waals surface area contributed by atoms with E-state index in [1.165, 1.54) is 13.2 Å². The van der Waals surface area contributed by atoms with E-state index in [9.17, 15) is 18.4 Å². The number of carbonyl (C=O) groups is 2. The van der Waals surface area contributed by atoms with Crippen molar-refractivity contribution in [3.63, 3.8) is 0 Å². The monoisotopic (exact) mass is 360 g/mol. The van der Waals surface area contributed by atoms with Gasteiger partial charge in [0.1, 0.15) is 23.8 Å². The van der Waals surface area contributed by atoms with Gasteiger partial charge in [0.2, 0.25) is 0 Å². The predicted molar refractivity (Wildman–Crippen MR) is 93.3 cm³/mol. The van der Waals surface area contributed by atoms with E-state index in [-0.39, 0.29) is 12.5 Å². The summed E-state index contributed by atoms with van der Waals surface area (Å²) in [5.41, 5.74) is 1.35. The highest BCUT2D eigenvalue weighted by Gasteiger charge is 2.23. The summed E-state index contributed by atoms with van der Waals surface area (Å²) in [5, 5.41) is 2.49. The molecule has 1 aliphatic heterocycles. The van der Waals surface area contributed by atoms with Gasteiger partial charge in [-0.05, 0) is 42.7 Å². The van der Waals surface area contributed by atoms with E-state index in [1.807, 2.05) is 0 Å². The quantitative estimate of drug-likeness (QED) is 0.911. The van der Waals surface area contributed by atoms with Crippen molar-refractivity contribution in [3.8, 4) is 0 Å². The summed E-state index contributed by atoms with van der Waals surface area (Å²) in [4.78, 5) is 26.1. The molecule has 2 amide bonds. The molecule has 1 heterocycles. The Hall–Kier alpha value is -2.80. The van der Waals surface area contributed by atoms with Gasteiger partial charge in [-0.15, -0.1) is 0 Å². The van der Waals surface area contributed by atoms with Crippen LogP contribution in [0.25, 0.3) is 0 Å². The second-order valence-corrected chi connectivity index (χ2v) is 5.98. The second-order valence-electron chi connectivity index (χ2n) is 5.98. The van der Waals surface area contributed by atoms with Crippen molar-refractivity contribution in [2.24, 2.45) is 0 Å². The van der Waals surface area contributed by atoms with Crippen molar-refractivity contribution < 1.29 is 23.1 Å². The molecule has 0 unspecified atom stereocenters. The third-order valence-electron chi connectivity index (χ3n) is 4.22. The number of halogens is 2. The molecular weight excluding hydrogens is 342 g/mol. The average molecular weight is 360 g/mol. The lowest BCUT2D eigenvalue weighted by Gasteiger charge is -2.30. The summed E-state index contributed by atoms with van der Waals surface area (Å²) < 4.78 is 32.4. The van der Waals surface area contributed by atoms with Crippen molar-refractivity contribution in [1.82, 2.24) is 0 Å². The van der Waals surface area contributed by atoms with Gasteiger partial charge in [0, 0.05) is 25.0 Å². The zero-order chi connectivity index (χ0) is 18.7. The molecule has 0 saturated carbocycles. The normalized spacial score (nSPS) is 13.3. The molecular formula is C19H18F2N2O3. The first-order chi connectivity index (χ1) is 12.5. The third kappa shape index (κ3) is 3.57. The molecule has 0 atom stereocenters. The number of nitrogens with one attached hydrogen (secondary N) is 1. The molecule has 0 saturated heterocycles. The van der Waals surface area contributed by atoms with Gasteiger partial charge in [-0.25, -0.2) is 8.78 Å². The molecule has 0 aliphatic carbocycles. The molecule has 1 N–H and O–H groups in total. The number of benzene rings is 2. The zero-order valence-electron chi connectivity index (χ0n) is 14.2. The van der Waals surface area contributed by atoms with Crippen LogP contribution in [0.3, 0.4) is 0 Å². The number of fused-ring (bicyclic) bond motifs is 1. The molecule has 2 aromatic rings. The Labute approximate surface area is 149 Å². The van der Waals surface area contributed by atoms with Gasteiger partial charge >= 0.3 is 0 Å². The molecule has 7 heteroatoms. The highest BCUT2D eigenvalue weighted by molar-refractivity contribution is 6.05. The van der Waals surface area contributed by atoms with Gasteiger partial charge in [-0.2, -0.15) is 0 Å². The van der Waals surface area contributed by atoms with Crippen LogP contribution in [-0.4, -0.2) is 32.1 Å².